The average Bonchev–Trinajstić information content (AvgIpc) is 3.22. The first-order chi connectivity index (χ1) is 15.0. The van der Waals surface area contributed by atoms with E-state index in [1.54, 1.807) is 42.2 Å². The molecule has 3 amide bonds. The highest BCUT2D eigenvalue weighted by atomic mass is 16.2. The van der Waals surface area contributed by atoms with Gasteiger partial charge in [-0.2, -0.15) is 0 Å². The van der Waals surface area contributed by atoms with Crippen LogP contribution >= 0.6 is 0 Å². The normalized spacial score (nSPS) is 13.3. The van der Waals surface area contributed by atoms with Gasteiger partial charge >= 0.3 is 0 Å². The monoisotopic (exact) mass is 413 g/mol. The van der Waals surface area contributed by atoms with Crippen LogP contribution in [0, 0.1) is 0 Å². The number of fused-ring (bicyclic) bond motifs is 1. The van der Waals surface area contributed by atoms with Crippen molar-refractivity contribution in [1.29, 1.82) is 0 Å². The number of nitrogens with one attached hydrogen (secondary N) is 2. The molecule has 6 nitrogen and oxygen atoms in total. The van der Waals surface area contributed by atoms with Crippen molar-refractivity contribution in [3.05, 3.63) is 95.6 Å². The van der Waals surface area contributed by atoms with E-state index in [1.165, 1.54) is 0 Å². The summed E-state index contributed by atoms with van der Waals surface area (Å²) >= 11 is 0. The van der Waals surface area contributed by atoms with Crippen LogP contribution in [0.5, 0.6) is 0 Å². The Hall–Kier alpha value is -3.93. The minimum Gasteiger partial charge on any atom is -0.336 e. The van der Waals surface area contributed by atoms with Crippen LogP contribution in [0.1, 0.15) is 34.5 Å². The van der Waals surface area contributed by atoms with E-state index in [0.29, 0.717) is 23.4 Å². The molecule has 1 heterocycles. The average molecular weight is 413 g/mol. The molecule has 6 heteroatoms. The third kappa shape index (κ3) is 4.48. The van der Waals surface area contributed by atoms with Gasteiger partial charge < -0.3 is 15.5 Å². The zero-order chi connectivity index (χ0) is 21.8. The number of hydrogen-bond acceptors (Lipinski definition) is 3. The molecule has 3 aromatic rings. The quantitative estimate of drug-likeness (QED) is 0.669. The summed E-state index contributed by atoms with van der Waals surface area (Å²) < 4.78 is 0. The van der Waals surface area contributed by atoms with E-state index in [-0.39, 0.29) is 17.7 Å². The fourth-order valence-corrected chi connectivity index (χ4v) is 3.77. The van der Waals surface area contributed by atoms with Crippen LogP contribution in [0.4, 0.5) is 11.4 Å². The van der Waals surface area contributed by atoms with E-state index in [9.17, 15) is 14.4 Å². The van der Waals surface area contributed by atoms with E-state index >= 15 is 0 Å². The highest BCUT2D eigenvalue weighted by Crippen LogP contribution is 2.31. The molecule has 3 aromatic carbocycles. The number of carbonyl (C=O) groups is 3. The van der Waals surface area contributed by atoms with Crippen molar-refractivity contribution in [2.45, 2.75) is 19.4 Å². The molecule has 0 radical (unpaired) electrons. The number of carbonyl (C=O) groups excluding carboxylic acids is 3. The van der Waals surface area contributed by atoms with Gasteiger partial charge in [-0.3, -0.25) is 14.4 Å². The van der Waals surface area contributed by atoms with Crippen LogP contribution in [-0.2, 0) is 16.0 Å². The maximum absolute atomic E-state index is 13.2. The summed E-state index contributed by atoms with van der Waals surface area (Å²) in [5, 5.41) is 5.75. The van der Waals surface area contributed by atoms with Crippen LogP contribution in [0.3, 0.4) is 0 Å². The largest absolute Gasteiger partial charge is 0.336 e. The lowest BCUT2D eigenvalue weighted by Crippen LogP contribution is -2.37. The summed E-state index contributed by atoms with van der Waals surface area (Å²) in [6, 6.07) is 22.6. The predicted octanol–water partition coefficient (Wildman–Crippen LogP) is 3.71. The molecule has 2 N–H and O–H groups in total. The number of anilines is 2. The topological polar surface area (TPSA) is 78.5 Å². The Morgan fingerprint density at radius 2 is 1.58 bits per heavy atom. The third-order valence-corrected chi connectivity index (χ3v) is 5.33. The summed E-state index contributed by atoms with van der Waals surface area (Å²) in [5.41, 5.74) is 3.69. The van der Waals surface area contributed by atoms with Crippen molar-refractivity contribution in [3.8, 4) is 0 Å². The first-order valence-corrected chi connectivity index (χ1v) is 10.2. The molecule has 4 rings (SSSR count). The summed E-state index contributed by atoms with van der Waals surface area (Å²) in [6.45, 7) is 2.19. The van der Waals surface area contributed by atoms with Gasteiger partial charge in [-0.05, 0) is 47.9 Å². The third-order valence-electron chi connectivity index (χ3n) is 5.33. The van der Waals surface area contributed by atoms with Crippen molar-refractivity contribution >= 4 is 29.1 Å². The van der Waals surface area contributed by atoms with Gasteiger partial charge in [0.05, 0.1) is 0 Å². The van der Waals surface area contributed by atoms with E-state index in [4.69, 9.17) is 0 Å². The van der Waals surface area contributed by atoms with Crippen molar-refractivity contribution in [3.63, 3.8) is 0 Å². The lowest BCUT2D eigenvalue weighted by molar-refractivity contribution is -0.118. The number of hydrogen-bond donors (Lipinski definition) is 2. The summed E-state index contributed by atoms with van der Waals surface area (Å²) in [7, 11) is 0. The second-order valence-corrected chi connectivity index (χ2v) is 7.44. The zero-order valence-corrected chi connectivity index (χ0v) is 17.2. The van der Waals surface area contributed by atoms with Crippen LogP contribution in [0.2, 0.25) is 0 Å². The minimum atomic E-state index is -0.851. The number of amides is 3. The minimum absolute atomic E-state index is 0.00306. The van der Waals surface area contributed by atoms with Gasteiger partial charge in [0.1, 0.15) is 6.04 Å². The van der Waals surface area contributed by atoms with Crippen molar-refractivity contribution in [2.75, 3.05) is 16.8 Å². The maximum atomic E-state index is 13.2. The van der Waals surface area contributed by atoms with E-state index in [2.05, 4.69) is 10.6 Å². The number of nitrogens with zero attached hydrogens (tertiary/aromatic N) is 1. The SMILES string of the molecule is CC(=O)N1CCc2cc(NC(=O)C(NC(=O)c3ccccc3)c3ccccc3)ccc21. The lowest BCUT2D eigenvalue weighted by Gasteiger charge is -2.20. The molecule has 0 aromatic heterocycles. The fraction of sp³-hybridized carbons (Fsp3) is 0.160. The lowest BCUT2D eigenvalue weighted by atomic mass is 10.0. The molecule has 1 unspecified atom stereocenters. The predicted molar refractivity (Wildman–Crippen MR) is 120 cm³/mol. The highest BCUT2D eigenvalue weighted by molar-refractivity contribution is 6.02. The van der Waals surface area contributed by atoms with Gasteiger partial charge in [-0.25, -0.2) is 0 Å². The number of benzene rings is 3. The second kappa shape index (κ2) is 8.83. The molecule has 1 aliphatic heterocycles. The Bertz CT molecular complexity index is 1110. The number of rotatable bonds is 5. The van der Waals surface area contributed by atoms with Gasteiger partial charge in [-0.1, -0.05) is 48.5 Å². The Balaban J connectivity index is 1.55. The first kappa shape index (κ1) is 20.3. The Morgan fingerprint density at radius 3 is 2.26 bits per heavy atom. The molecule has 0 spiro atoms. The van der Waals surface area contributed by atoms with Crippen LogP contribution in [0.15, 0.2) is 78.9 Å². The molecular weight excluding hydrogens is 390 g/mol. The molecule has 0 saturated carbocycles. The van der Waals surface area contributed by atoms with Gasteiger partial charge in [-0.15, -0.1) is 0 Å². The summed E-state index contributed by atoms with van der Waals surface area (Å²) in [4.78, 5) is 39.4. The molecule has 0 aliphatic carbocycles. The standard InChI is InChI=1S/C25H23N3O3/c1-17(29)28-15-14-20-16-21(12-13-22(20)28)26-25(31)23(18-8-4-2-5-9-18)27-24(30)19-10-6-3-7-11-19/h2-13,16,23H,14-15H2,1H3,(H,26,31)(H,27,30). The molecule has 31 heavy (non-hydrogen) atoms. The Morgan fingerprint density at radius 1 is 0.903 bits per heavy atom. The molecular formula is C25H23N3O3. The fourth-order valence-electron chi connectivity index (χ4n) is 3.77. The first-order valence-electron chi connectivity index (χ1n) is 10.2. The second-order valence-electron chi connectivity index (χ2n) is 7.44. The van der Waals surface area contributed by atoms with Gasteiger partial charge in [0.25, 0.3) is 11.8 Å². The highest BCUT2D eigenvalue weighted by Gasteiger charge is 2.25. The summed E-state index contributed by atoms with van der Waals surface area (Å²) in [6.07, 6.45) is 0.742. The van der Waals surface area contributed by atoms with Crippen molar-refractivity contribution in [2.24, 2.45) is 0 Å². The Kier molecular flexibility index (Phi) is 5.80. The summed E-state index contributed by atoms with van der Waals surface area (Å²) in [5.74, 6) is -0.657. The van der Waals surface area contributed by atoms with Gasteiger partial charge in [0, 0.05) is 30.4 Å². The van der Waals surface area contributed by atoms with E-state index in [1.807, 2.05) is 48.5 Å². The van der Waals surface area contributed by atoms with Crippen LogP contribution < -0.4 is 15.5 Å². The Labute approximate surface area is 180 Å². The molecule has 1 aliphatic rings. The van der Waals surface area contributed by atoms with Gasteiger partial charge in [0.2, 0.25) is 5.91 Å². The molecule has 0 bridgehead atoms. The molecule has 0 fully saturated rings. The maximum Gasteiger partial charge on any atom is 0.252 e. The van der Waals surface area contributed by atoms with E-state index < -0.39 is 6.04 Å². The van der Waals surface area contributed by atoms with Gasteiger partial charge in [0.15, 0.2) is 0 Å². The smallest absolute Gasteiger partial charge is 0.252 e. The van der Waals surface area contributed by atoms with Crippen molar-refractivity contribution < 1.29 is 14.4 Å². The zero-order valence-electron chi connectivity index (χ0n) is 17.2. The molecule has 0 saturated heterocycles. The molecule has 1 atom stereocenters. The van der Waals surface area contributed by atoms with Crippen LogP contribution in [-0.4, -0.2) is 24.3 Å². The molecule has 156 valence electrons. The van der Waals surface area contributed by atoms with Crippen LogP contribution in [0.25, 0.3) is 0 Å². The van der Waals surface area contributed by atoms with E-state index in [0.717, 1.165) is 17.7 Å². The van der Waals surface area contributed by atoms with Crippen molar-refractivity contribution in [1.82, 2.24) is 5.32 Å².